The molecule has 3 heterocycles. The standard InChI is InChI=1S/C22H23N5O3/c1-26-18-7-3-2-6-17(18)20(25-26)22(29)27-13-16(30-15-5-4-10-23-12-15)11-19(27)21(28)24-14-8-9-14/h2-7,10,12,14,16,19H,8-9,11,13H2,1H3,(H,24,28)/t16-,19-/m0/s1. The van der Waals surface area contributed by atoms with Gasteiger partial charge < -0.3 is 15.0 Å². The molecule has 3 aromatic rings. The zero-order valence-electron chi connectivity index (χ0n) is 16.7. The Bertz CT molecular complexity index is 1090. The maximum Gasteiger partial charge on any atom is 0.275 e. The minimum absolute atomic E-state index is 0.122. The van der Waals surface area contributed by atoms with Crippen LogP contribution in [-0.4, -0.2) is 56.2 Å². The molecule has 1 aliphatic carbocycles. The summed E-state index contributed by atoms with van der Waals surface area (Å²) in [4.78, 5) is 32.1. The van der Waals surface area contributed by atoms with Gasteiger partial charge in [0.05, 0.1) is 18.3 Å². The second kappa shape index (κ2) is 7.44. The molecule has 0 radical (unpaired) electrons. The van der Waals surface area contributed by atoms with Crippen LogP contribution in [-0.2, 0) is 11.8 Å². The van der Waals surface area contributed by atoms with Gasteiger partial charge in [-0.25, -0.2) is 0 Å². The van der Waals surface area contributed by atoms with Crippen molar-refractivity contribution in [3.8, 4) is 5.75 Å². The molecule has 8 nitrogen and oxygen atoms in total. The first-order chi connectivity index (χ1) is 14.6. The Balaban J connectivity index is 1.43. The highest BCUT2D eigenvalue weighted by Gasteiger charge is 2.43. The second-order valence-electron chi connectivity index (χ2n) is 7.91. The number of likely N-dealkylation sites (tertiary alicyclic amines) is 1. The number of hydrogen-bond acceptors (Lipinski definition) is 5. The van der Waals surface area contributed by atoms with Crippen LogP contribution in [0.1, 0.15) is 29.8 Å². The maximum absolute atomic E-state index is 13.5. The third-order valence-corrected chi connectivity index (χ3v) is 5.65. The number of amides is 2. The Labute approximate surface area is 173 Å². The molecule has 154 valence electrons. The molecule has 0 spiro atoms. The van der Waals surface area contributed by atoms with Crippen molar-refractivity contribution in [2.24, 2.45) is 7.05 Å². The van der Waals surface area contributed by atoms with E-state index in [0.717, 1.165) is 23.7 Å². The van der Waals surface area contributed by atoms with Crippen LogP contribution in [0.15, 0.2) is 48.8 Å². The number of aryl methyl sites for hydroxylation is 1. The summed E-state index contributed by atoms with van der Waals surface area (Å²) in [5.41, 5.74) is 1.24. The molecule has 8 heteroatoms. The zero-order valence-corrected chi connectivity index (χ0v) is 16.7. The molecule has 30 heavy (non-hydrogen) atoms. The number of pyridine rings is 1. The molecule has 1 aliphatic heterocycles. The number of nitrogens with one attached hydrogen (secondary N) is 1. The largest absolute Gasteiger partial charge is 0.487 e. The van der Waals surface area contributed by atoms with Gasteiger partial charge in [-0.1, -0.05) is 18.2 Å². The molecule has 2 amide bonds. The minimum atomic E-state index is -0.583. The van der Waals surface area contributed by atoms with Crippen LogP contribution in [0.4, 0.5) is 0 Å². The van der Waals surface area contributed by atoms with Gasteiger partial charge in [0.15, 0.2) is 5.69 Å². The van der Waals surface area contributed by atoms with E-state index in [4.69, 9.17) is 4.74 Å². The predicted molar refractivity (Wildman–Crippen MR) is 110 cm³/mol. The van der Waals surface area contributed by atoms with Crippen LogP contribution in [0.25, 0.3) is 10.9 Å². The number of fused-ring (bicyclic) bond motifs is 1. The highest BCUT2D eigenvalue weighted by Crippen LogP contribution is 2.28. The van der Waals surface area contributed by atoms with Crippen molar-refractivity contribution in [2.45, 2.75) is 37.5 Å². The Morgan fingerprint density at radius 3 is 2.77 bits per heavy atom. The summed E-state index contributed by atoms with van der Waals surface area (Å²) in [5.74, 6) is 0.254. The average molecular weight is 405 g/mol. The summed E-state index contributed by atoms with van der Waals surface area (Å²) in [5, 5.41) is 8.27. The van der Waals surface area contributed by atoms with E-state index in [9.17, 15) is 9.59 Å². The number of benzene rings is 1. The molecular formula is C22H23N5O3. The van der Waals surface area contributed by atoms with Gasteiger partial charge in [0, 0.05) is 31.1 Å². The molecule has 0 bridgehead atoms. The van der Waals surface area contributed by atoms with Crippen molar-refractivity contribution in [3.05, 3.63) is 54.5 Å². The first-order valence-corrected chi connectivity index (χ1v) is 10.2. The van der Waals surface area contributed by atoms with E-state index in [1.54, 1.807) is 28.0 Å². The highest BCUT2D eigenvalue weighted by molar-refractivity contribution is 6.06. The quantitative estimate of drug-likeness (QED) is 0.700. The molecule has 1 aromatic carbocycles. The first kappa shape index (κ1) is 18.6. The van der Waals surface area contributed by atoms with Crippen molar-refractivity contribution in [2.75, 3.05) is 6.54 Å². The molecule has 1 N–H and O–H groups in total. The highest BCUT2D eigenvalue weighted by atomic mass is 16.5. The van der Waals surface area contributed by atoms with Crippen LogP contribution in [0.2, 0.25) is 0 Å². The summed E-state index contributed by atoms with van der Waals surface area (Å²) >= 11 is 0. The Morgan fingerprint density at radius 1 is 1.17 bits per heavy atom. The molecule has 2 atom stereocenters. The van der Waals surface area contributed by atoms with Crippen molar-refractivity contribution in [1.29, 1.82) is 0 Å². The molecule has 0 unspecified atom stereocenters. The van der Waals surface area contributed by atoms with E-state index in [2.05, 4.69) is 15.4 Å². The van der Waals surface area contributed by atoms with Gasteiger partial charge in [0.2, 0.25) is 5.91 Å². The number of rotatable bonds is 5. The van der Waals surface area contributed by atoms with Gasteiger partial charge in [0.1, 0.15) is 17.9 Å². The van der Waals surface area contributed by atoms with Crippen LogP contribution in [0.5, 0.6) is 5.75 Å². The third-order valence-electron chi connectivity index (χ3n) is 5.65. The fourth-order valence-electron chi connectivity index (χ4n) is 4.00. The van der Waals surface area contributed by atoms with E-state index >= 15 is 0 Å². The van der Waals surface area contributed by atoms with Gasteiger partial charge in [-0.05, 0) is 31.0 Å². The second-order valence-corrected chi connectivity index (χ2v) is 7.91. The number of para-hydroxylation sites is 1. The van der Waals surface area contributed by atoms with Gasteiger partial charge in [-0.15, -0.1) is 0 Å². The Kier molecular flexibility index (Phi) is 4.61. The maximum atomic E-state index is 13.5. The SMILES string of the molecule is Cn1nc(C(=O)N2C[C@@H](Oc3cccnc3)C[C@H]2C(=O)NC2CC2)c2ccccc21. The summed E-state index contributed by atoms with van der Waals surface area (Å²) < 4.78 is 7.72. The van der Waals surface area contributed by atoms with Gasteiger partial charge >= 0.3 is 0 Å². The lowest BCUT2D eigenvalue weighted by molar-refractivity contribution is -0.125. The minimum Gasteiger partial charge on any atom is -0.487 e. The van der Waals surface area contributed by atoms with Crippen LogP contribution >= 0.6 is 0 Å². The van der Waals surface area contributed by atoms with Crippen molar-refractivity contribution < 1.29 is 14.3 Å². The fourth-order valence-corrected chi connectivity index (χ4v) is 4.00. The Morgan fingerprint density at radius 2 is 2.00 bits per heavy atom. The van der Waals surface area contributed by atoms with Gasteiger partial charge in [-0.3, -0.25) is 19.3 Å². The van der Waals surface area contributed by atoms with Crippen LogP contribution in [0, 0.1) is 0 Å². The summed E-state index contributed by atoms with van der Waals surface area (Å²) in [6.07, 6.45) is 5.44. The van der Waals surface area contributed by atoms with E-state index in [1.165, 1.54) is 0 Å². The number of hydrogen-bond donors (Lipinski definition) is 1. The summed E-state index contributed by atoms with van der Waals surface area (Å²) in [6.45, 7) is 0.321. The number of nitrogens with zero attached hydrogens (tertiary/aromatic N) is 4. The van der Waals surface area contributed by atoms with Gasteiger partial charge in [-0.2, -0.15) is 5.10 Å². The molecule has 1 saturated carbocycles. The van der Waals surface area contributed by atoms with E-state index in [0.29, 0.717) is 24.4 Å². The summed E-state index contributed by atoms with van der Waals surface area (Å²) in [6, 6.07) is 10.9. The van der Waals surface area contributed by atoms with Crippen molar-refractivity contribution >= 4 is 22.7 Å². The lowest BCUT2D eigenvalue weighted by Gasteiger charge is -2.22. The van der Waals surface area contributed by atoms with Crippen LogP contribution < -0.4 is 10.1 Å². The number of aromatic nitrogens is 3. The zero-order chi connectivity index (χ0) is 20.7. The molecular weight excluding hydrogens is 382 g/mol. The fraction of sp³-hybridized carbons (Fsp3) is 0.364. The van der Waals surface area contributed by atoms with E-state index < -0.39 is 6.04 Å². The molecule has 2 aliphatic rings. The molecule has 1 saturated heterocycles. The average Bonchev–Trinajstić information content (AvgIpc) is 3.37. The number of carbonyl (C=O) groups excluding carboxylic acids is 2. The Hall–Kier alpha value is -3.42. The first-order valence-electron chi connectivity index (χ1n) is 10.2. The molecule has 2 aromatic heterocycles. The van der Waals surface area contributed by atoms with Gasteiger partial charge in [0.25, 0.3) is 5.91 Å². The monoisotopic (exact) mass is 405 g/mol. The lowest BCUT2D eigenvalue weighted by atomic mass is 10.1. The van der Waals surface area contributed by atoms with Crippen molar-refractivity contribution in [1.82, 2.24) is 25.0 Å². The number of carbonyl (C=O) groups is 2. The number of ether oxygens (including phenoxy) is 1. The van der Waals surface area contributed by atoms with Crippen LogP contribution in [0.3, 0.4) is 0 Å². The molecule has 5 rings (SSSR count). The van der Waals surface area contributed by atoms with E-state index in [-0.39, 0.29) is 24.0 Å². The normalized spacial score (nSPS) is 21.0. The predicted octanol–water partition coefficient (Wildman–Crippen LogP) is 1.91. The smallest absolute Gasteiger partial charge is 0.275 e. The third kappa shape index (κ3) is 3.49. The van der Waals surface area contributed by atoms with E-state index in [1.807, 2.05) is 37.4 Å². The van der Waals surface area contributed by atoms with Crippen molar-refractivity contribution in [3.63, 3.8) is 0 Å². The topological polar surface area (TPSA) is 89.3 Å². The molecule has 2 fully saturated rings. The lowest BCUT2D eigenvalue weighted by Crippen LogP contribution is -2.46. The summed E-state index contributed by atoms with van der Waals surface area (Å²) in [7, 11) is 1.81.